The van der Waals surface area contributed by atoms with E-state index in [0.29, 0.717) is 11.5 Å². The molecule has 0 bridgehead atoms. The van der Waals surface area contributed by atoms with Crippen LogP contribution in [0.3, 0.4) is 0 Å². The summed E-state index contributed by atoms with van der Waals surface area (Å²) in [6, 6.07) is -4.61. The zero-order chi connectivity index (χ0) is 23.3. The van der Waals surface area contributed by atoms with Gasteiger partial charge in [0.15, 0.2) is 0 Å². The van der Waals surface area contributed by atoms with Crippen molar-refractivity contribution in [2.24, 2.45) is 5.73 Å². The van der Waals surface area contributed by atoms with Gasteiger partial charge in [0.2, 0.25) is 17.7 Å². The van der Waals surface area contributed by atoms with Crippen molar-refractivity contribution in [1.82, 2.24) is 16.0 Å². The van der Waals surface area contributed by atoms with Crippen molar-refractivity contribution in [3.63, 3.8) is 0 Å². The minimum absolute atomic E-state index is 0.136. The van der Waals surface area contributed by atoms with E-state index >= 15 is 0 Å². The molecule has 0 aliphatic heterocycles. The van der Waals surface area contributed by atoms with Gasteiger partial charge in [-0.05, 0) is 43.8 Å². The summed E-state index contributed by atoms with van der Waals surface area (Å²) >= 11 is 2.83. The van der Waals surface area contributed by atoms with Crippen LogP contribution >= 0.6 is 23.5 Å². The van der Waals surface area contributed by atoms with E-state index < -0.39 is 60.2 Å². The van der Waals surface area contributed by atoms with Crippen molar-refractivity contribution >= 4 is 53.2 Å². The number of nitrogens with one attached hydrogen (secondary N) is 3. The number of thioether (sulfide) groups is 2. The lowest BCUT2D eigenvalue weighted by Crippen LogP contribution is -2.57. The number of carbonyl (C=O) groups is 5. The molecule has 4 atom stereocenters. The molecule has 13 heteroatoms. The number of aliphatic carboxylic acids is 2. The summed E-state index contributed by atoms with van der Waals surface area (Å²) in [5, 5.41) is 25.4. The minimum atomic E-state index is -1.50. The van der Waals surface area contributed by atoms with Crippen LogP contribution in [0.1, 0.15) is 26.2 Å². The fourth-order valence-corrected chi connectivity index (χ4v) is 3.17. The van der Waals surface area contributed by atoms with Crippen LogP contribution < -0.4 is 21.7 Å². The molecular formula is C17H30N4O7S2. The van der Waals surface area contributed by atoms with Crippen LogP contribution in [0, 0.1) is 0 Å². The van der Waals surface area contributed by atoms with E-state index in [2.05, 4.69) is 16.0 Å². The maximum atomic E-state index is 12.6. The third-order valence-electron chi connectivity index (χ3n) is 3.89. The highest BCUT2D eigenvalue weighted by atomic mass is 32.2. The SMILES string of the molecule is CSCCC(NC(=O)C(CC(=O)O)NC(=O)C(CCSC)NC(=O)C(C)N)C(=O)O. The van der Waals surface area contributed by atoms with Crippen molar-refractivity contribution in [1.29, 1.82) is 0 Å². The first-order valence-corrected chi connectivity index (χ1v) is 11.9. The van der Waals surface area contributed by atoms with Crippen molar-refractivity contribution in [3.05, 3.63) is 0 Å². The van der Waals surface area contributed by atoms with Gasteiger partial charge in [0.25, 0.3) is 0 Å². The number of nitrogens with two attached hydrogens (primary N) is 1. The zero-order valence-electron chi connectivity index (χ0n) is 17.2. The van der Waals surface area contributed by atoms with Crippen LogP contribution in [0.2, 0.25) is 0 Å². The van der Waals surface area contributed by atoms with Gasteiger partial charge in [-0.1, -0.05) is 0 Å². The number of carboxylic acids is 2. The number of carbonyl (C=O) groups excluding carboxylic acids is 3. The highest BCUT2D eigenvalue weighted by Crippen LogP contribution is 2.05. The molecule has 0 aliphatic carbocycles. The highest BCUT2D eigenvalue weighted by molar-refractivity contribution is 7.98. The number of hydrogen-bond donors (Lipinski definition) is 6. The maximum Gasteiger partial charge on any atom is 0.326 e. The van der Waals surface area contributed by atoms with E-state index in [-0.39, 0.29) is 12.8 Å². The van der Waals surface area contributed by atoms with Gasteiger partial charge in [0, 0.05) is 0 Å². The Bertz CT molecular complexity index is 619. The number of rotatable bonds is 15. The number of amides is 3. The van der Waals surface area contributed by atoms with Gasteiger partial charge in [-0.25, -0.2) is 4.79 Å². The molecule has 7 N–H and O–H groups in total. The highest BCUT2D eigenvalue weighted by Gasteiger charge is 2.31. The molecule has 0 rings (SSSR count). The third kappa shape index (κ3) is 11.3. The van der Waals surface area contributed by atoms with Crippen LogP contribution in [0.5, 0.6) is 0 Å². The van der Waals surface area contributed by atoms with Crippen molar-refractivity contribution in [2.45, 2.75) is 50.4 Å². The second-order valence-corrected chi connectivity index (χ2v) is 8.44. The number of carboxylic acid groups (broad SMARTS) is 2. The van der Waals surface area contributed by atoms with E-state index in [1.54, 1.807) is 6.26 Å². The summed E-state index contributed by atoms with van der Waals surface area (Å²) in [6.07, 6.45) is 3.21. The minimum Gasteiger partial charge on any atom is -0.481 e. The van der Waals surface area contributed by atoms with Gasteiger partial charge in [-0.2, -0.15) is 23.5 Å². The molecule has 3 amide bonds. The Hall–Kier alpha value is -1.99. The fourth-order valence-electron chi connectivity index (χ4n) is 2.23. The van der Waals surface area contributed by atoms with E-state index in [4.69, 9.17) is 10.8 Å². The lowest BCUT2D eigenvalue weighted by molar-refractivity contribution is -0.143. The average Bonchev–Trinajstić information content (AvgIpc) is 2.66. The molecule has 172 valence electrons. The third-order valence-corrected chi connectivity index (χ3v) is 5.18. The molecule has 11 nitrogen and oxygen atoms in total. The van der Waals surface area contributed by atoms with Gasteiger partial charge < -0.3 is 31.9 Å². The summed E-state index contributed by atoms with van der Waals surface area (Å²) in [5.41, 5.74) is 5.50. The summed E-state index contributed by atoms with van der Waals surface area (Å²) in [6.45, 7) is 1.44. The molecule has 0 saturated carbocycles. The molecule has 0 aromatic heterocycles. The van der Waals surface area contributed by atoms with Crippen LogP contribution in [-0.2, 0) is 24.0 Å². The Morgan fingerprint density at radius 3 is 1.67 bits per heavy atom. The Morgan fingerprint density at radius 1 is 0.800 bits per heavy atom. The quantitative estimate of drug-likeness (QED) is 0.172. The molecule has 30 heavy (non-hydrogen) atoms. The van der Waals surface area contributed by atoms with Gasteiger partial charge in [0.1, 0.15) is 18.1 Å². The molecule has 0 aliphatic rings. The van der Waals surface area contributed by atoms with Gasteiger partial charge >= 0.3 is 11.9 Å². The first-order chi connectivity index (χ1) is 14.0. The van der Waals surface area contributed by atoms with E-state index in [9.17, 15) is 29.1 Å². The van der Waals surface area contributed by atoms with Crippen LogP contribution in [-0.4, -0.2) is 88.1 Å². The largest absolute Gasteiger partial charge is 0.481 e. The molecule has 0 aromatic carbocycles. The van der Waals surface area contributed by atoms with Crippen LogP contribution in [0.4, 0.5) is 0 Å². The Labute approximate surface area is 183 Å². The predicted octanol–water partition coefficient (Wildman–Crippen LogP) is -1.15. The monoisotopic (exact) mass is 466 g/mol. The predicted molar refractivity (Wildman–Crippen MR) is 115 cm³/mol. The molecule has 0 fully saturated rings. The van der Waals surface area contributed by atoms with Crippen LogP contribution in [0.15, 0.2) is 0 Å². The van der Waals surface area contributed by atoms with Gasteiger partial charge in [-0.15, -0.1) is 0 Å². The Morgan fingerprint density at radius 2 is 1.23 bits per heavy atom. The molecule has 0 radical (unpaired) electrons. The van der Waals surface area contributed by atoms with Crippen LogP contribution in [0.25, 0.3) is 0 Å². The molecule has 0 saturated heterocycles. The first-order valence-electron chi connectivity index (χ1n) is 9.12. The van der Waals surface area contributed by atoms with E-state index in [0.717, 1.165) is 0 Å². The molecule has 4 unspecified atom stereocenters. The summed E-state index contributed by atoms with van der Waals surface area (Å²) in [5.74, 6) is -3.89. The molecule has 0 spiro atoms. The summed E-state index contributed by atoms with van der Waals surface area (Å²) in [4.78, 5) is 59.5. The first kappa shape index (κ1) is 28.0. The smallest absolute Gasteiger partial charge is 0.326 e. The molecule has 0 aromatic rings. The normalized spacial score (nSPS) is 14.7. The topological polar surface area (TPSA) is 188 Å². The lowest BCUT2D eigenvalue weighted by Gasteiger charge is -2.24. The molecular weight excluding hydrogens is 436 g/mol. The second-order valence-electron chi connectivity index (χ2n) is 6.47. The lowest BCUT2D eigenvalue weighted by atomic mass is 10.1. The van der Waals surface area contributed by atoms with Gasteiger partial charge in [0.05, 0.1) is 12.5 Å². The average molecular weight is 467 g/mol. The Balaban J connectivity index is 5.35. The Kier molecular flexibility index (Phi) is 13.9. The maximum absolute atomic E-state index is 12.6. The second kappa shape index (κ2) is 14.9. The van der Waals surface area contributed by atoms with Crippen molar-refractivity contribution in [3.8, 4) is 0 Å². The van der Waals surface area contributed by atoms with Crippen molar-refractivity contribution in [2.75, 3.05) is 24.0 Å². The standard InChI is InChI=1S/C17H30N4O7S2/c1-9(18)14(24)19-10(4-6-29-2)15(25)21-12(8-13(22)23)16(26)20-11(17(27)28)5-7-30-3/h9-12H,4-8,18H2,1-3H3,(H,19,24)(H,20,26)(H,21,25)(H,22,23)(H,27,28). The van der Waals surface area contributed by atoms with Gasteiger partial charge in [-0.3, -0.25) is 19.2 Å². The summed E-state index contributed by atoms with van der Waals surface area (Å²) in [7, 11) is 0. The number of hydrogen-bond acceptors (Lipinski definition) is 8. The fraction of sp³-hybridized carbons (Fsp3) is 0.706. The summed E-state index contributed by atoms with van der Waals surface area (Å²) < 4.78 is 0. The molecule has 0 heterocycles. The zero-order valence-corrected chi connectivity index (χ0v) is 18.8. The van der Waals surface area contributed by atoms with Crippen molar-refractivity contribution < 1.29 is 34.2 Å². The van der Waals surface area contributed by atoms with E-state index in [1.807, 2.05) is 6.26 Å². The van der Waals surface area contributed by atoms with E-state index in [1.165, 1.54) is 30.4 Å².